The molecule has 2 aromatic rings. The van der Waals surface area contributed by atoms with Crippen molar-refractivity contribution < 1.29 is 9.90 Å². The van der Waals surface area contributed by atoms with Crippen LogP contribution in [-0.4, -0.2) is 27.1 Å². The molecule has 2 N–H and O–H groups in total. The van der Waals surface area contributed by atoms with Crippen molar-refractivity contribution in [1.29, 1.82) is 0 Å². The van der Waals surface area contributed by atoms with Crippen molar-refractivity contribution in [2.75, 3.05) is 6.54 Å². The number of benzene rings is 1. The van der Waals surface area contributed by atoms with E-state index in [0.29, 0.717) is 4.88 Å². The van der Waals surface area contributed by atoms with Crippen LogP contribution in [-0.2, 0) is 6.42 Å². The molecule has 0 aliphatic heterocycles. The summed E-state index contributed by atoms with van der Waals surface area (Å²) in [6, 6.07) is 9.25. The smallest absolute Gasteiger partial charge is 0.265 e. The Morgan fingerprint density at radius 2 is 2.15 bits per heavy atom. The molecule has 1 heterocycles. The second-order valence-electron chi connectivity index (χ2n) is 4.44. The highest BCUT2D eigenvalue weighted by Crippen LogP contribution is 2.14. The summed E-state index contributed by atoms with van der Waals surface area (Å²) < 4.78 is 3.82. The highest BCUT2D eigenvalue weighted by molar-refractivity contribution is 7.08. The summed E-state index contributed by atoms with van der Waals surface area (Å²) >= 11 is 1.09. The number of hydrogen-bond donors (Lipinski definition) is 2. The van der Waals surface area contributed by atoms with Crippen molar-refractivity contribution in [2.45, 2.75) is 25.9 Å². The van der Waals surface area contributed by atoms with Gasteiger partial charge in [0, 0.05) is 6.54 Å². The predicted molar refractivity (Wildman–Crippen MR) is 77.6 cm³/mol. The van der Waals surface area contributed by atoms with Crippen LogP contribution in [0.3, 0.4) is 0 Å². The van der Waals surface area contributed by atoms with E-state index >= 15 is 0 Å². The summed E-state index contributed by atoms with van der Waals surface area (Å²) in [4.78, 5) is 12.6. The molecule has 6 heteroatoms. The lowest BCUT2D eigenvalue weighted by Crippen LogP contribution is -2.28. The molecule has 0 aliphatic rings. The Balaban J connectivity index is 1.93. The molecule has 0 bridgehead atoms. The van der Waals surface area contributed by atoms with Crippen LogP contribution < -0.4 is 5.32 Å². The Morgan fingerprint density at radius 3 is 2.85 bits per heavy atom. The monoisotopic (exact) mass is 291 g/mol. The Kier molecular flexibility index (Phi) is 5.20. The second-order valence-corrected chi connectivity index (χ2v) is 5.19. The van der Waals surface area contributed by atoms with E-state index in [1.807, 2.05) is 37.3 Å². The van der Waals surface area contributed by atoms with Crippen molar-refractivity contribution in [3.05, 3.63) is 46.5 Å². The van der Waals surface area contributed by atoms with Crippen LogP contribution in [0.5, 0.6) is 0 Å². The maximum atomic E-state index is 12.0. The molecule has 0 aliphatic carbocycles. The molecule has 0 saturated heterocycles. The third-order valence-corrected chi connectivity index (χ3v) is 3.66. The molecule has 0 fully saturated rings. The Bertz CT molecular complexity index is 557. The zero-order chi connectivity index (χ0) is 14.4. The van der Waals surface area contributed by atoms with Crippen molar-refractivity contribution in [1.82, 2.24) is 14.9 Å². The summed E-state index contributed by atoms with van der Waals surface area (Å²) in [5.74, 6) is -0.224. The number of aliphatic hydroxyl groups excluding tert-OH is 1. The van der Waals surface area contributed by atoms with Gasteiger partial charge in [-0.2, -0.15) is 0 Å². The standard InChI is InChI=1S/C14H17N3O2S/c1-2-6-11-13(20-17-16-11)14(19)15-9-12(18)10-7-4-3-5-8-10/h3-5,7-8,12,18H,2,6,9H2,1H3,(H,15,19). The molecule has 5 nitrogen and oxygen atoms in total. The largest absolute Gasteiger partial charge is 0.387 e. The number of rotatable bonds is 6. The molecule has 1 atom stereocenters. The summed E-state index contributed by atoms with van der Waals surface area (Å²) in [5.41, 5.74) is 1.51. The van der Waals surface area contributed by atoms with E-state index < -0.39 is 6.10 Å². The summed E-state index contributed by atoms with van der Waals surface area (Å²) in [6.07, 6.45) is 0.939. The van der Waals surface area contributed by atoms with Crippen LogP contribution in [0, 0.1) is 0 Å². The predicted octanol–water partition coefficient (Wildman–Crippen LogP) is 1.95. The third-order valence-electron chi connectivity index (χ3n) is 2.89. The van der Waals surface area contributed by atoms with Gasteiger partial charge < -0.3 is 10.4 Å². The van der Waals surface area contributed by atoms with Gasteiger partial charge in [-0.3, -0.25) is 4.79 Å². The molecule has 2 rings (SSSR count). The maximum absolute atomic E-state index is 12.0. The van der Waals surface area contributed by atoms with Crippen molar-refractivity contribution in [3.8, 4) is 0 Å². The van der Waals surface area contributed by atoms with E-state index in [-0.39, 0.29) is 12.5 Å². The molecule has 0 radical (unpaired) electrons. The van der Waals surface area contributed by atoms with Crippen molar-refractivity contribution in [2.24, 2.45) is 0 Å². The van der Waals surface area contributed by atoms with E-state index in [1.54, 1.807) is 0 Å². The van der Waals surface area contributed by atoms with Gasteiger partial charge in [-0.05, 0) is 23.5 Å². The maximum Gasteiger partial charge on any atom is 0.265 e. The highest BCUT2D eigenvalue weighted by Gasteiger charge is 2.16. The molecule has 0 spiro atoms. The normalized spacial score (nSPS) is 12.1. The van der Waals surface area contributed by atoms with Gasteiger partial charge in [0.05, 0.1) is 11.8 Å². The van der Waals surface area contributed by atoms with Crippen molar-refractivity contribution >= 4 is 17.4 Å². The number of hydrogen-bond acceptors (Lipinski definition) is 5. The zero-order valence-electron chi connectivity index (χ0n) is 11.2. The van der Waals surface area contributed by atoms with E-state index in [0.717, 1.165) is 35.6 Å². The molecule has 1 unspecified atom stereocenters. The average molecular weight is 291 g/mol. The Labute approximate surface area is 121 Å². The lowest BCUT2D eigenvalue weighted by molar-refractivity contribution is 0.0919. The Hall–Kier alpha value is -1.79. The molecule has 106 valence electrons. The summed E-state index contributed by atoms with van der Waals surface area (Å²) in [5, 5.41) is 16.7. The fourth-order valence-corrected chi connectivity index (χ4v) is 2.47. The van der Waals surface area contributed by atoms with E-state index in [4.69, 9.17) is 0 Å². The summed E-state index contributed by atoms with van der Waals surface area (Å²) in [7, 11) is 0. The van der Waals surface area contributed by atoms with Crippen molar-refractivity contribution in [3.63, 3.8) is 0 Å². The topological polar surface area (TPSA) is 75.1 Å². The molecule has 1 aromatic carbocycles. The molecule has 0 saturated carbocycles. The number of carbonyl (C=O) groups excluding carboxylic acids is 1. The first-order chi connectivity index (χ1) is 9.72. The van der Waals surface area contributed by atoms with Gasteiger partial charge in [0.15, 0.2) is 0 Å². The first-order valence-corrected chi connectivity index (χ1v) is 7.32. The van der Waals surface area contributed by atoms with Crippen LogP contribution in [0.25, 0.3) is 0 Å². The van der Waals surface area contributed by atoms with Crippen LogP contribution in [0.4, 0.5) is 0 Å². The quantitative estimate of drug-likeness (QED) is 0.853. The number of aryl methyl sites for hydroxylation is 1. The number of carbonyl (C=O) groups is 1. The van der Waals surface area contributed by atoms with Crippen LogP contribution in [0.15, 0.2) is 30.3 Å². The van der Waals surface area contributed by atoms with Crippen LogP contribution in [0.2, 0.25) is 0 Å². The van der Waals surface area contributed by atoms with Gasteiger partial charge >= 0.3 is 0 Å². The van der Waals surface area contributed by atoms with E-state index in [1.165, 1.54) is 0 Å². The first-order valence-electron chi connectivity index (χ1n) is 6.54. The third kappa shape index (κ3) is 3.61. The fraction of sp³-hybridized carbons (Fsp3) is 0.357. The Morgan fingerprint density at radius 1 is 1.40 bits per heavy atom. The van der Waals surface area contributed by atoms with E-state index in [2.05, 4.69) is 14.9 Å². The van der Waals surface area contributed by atoms with Gasteiger partial charge in [0.1, 0.15) is 4.88 Å². The number of nitrogens with one attached hydrogen (secondary N) is 1. The van der Waals surface area contributed by atoms with Crippen LogP contribution >= 0.6 is 11.5 Å². The number of aliphatic hydroxyl groups is 1. The molecule has 20 heavy (non-hydrogen) atoms. The SMILES string of the molecule is CCCc1nnsc1C(=O)NCC(O)c1ccccc1. The number of amides is 1. The molecular formula is C14H17N3O2S. The first kappa shape index (κ1) is 14.6. The fourth-order valence-electron chi connectivity index (χ4n) is 1.84. The highest BCUT2D eigenvalue weighted by atomic mass is 32.1. The van der Waals surface area contributed by atoms with Gasteiger partial charge in [-0.25, -0.2) is 0 Å². The average Bonchev–Trinajstić information content (AvgIpc) is 2.94. The zero-order valence-corrected chi connectivity index (χ0v) is 12.1. The minimum atomic E-state index is -0.712. The second kappa shape index (κ2) is 7.12. The number of nitrogens with zero attached hydrogens (tertiary/aromatic N) is 2. The molecule has 1 aromatic heterocycles. The van der Waals surface area contributed by atoms with Crippen LogP contribution in [0.1, 0.15) is 40.4 Å². The van der Waals surface area contributed by atoms with E-state index in [9.17, 15) is 9.90 Å². The molecule has 1 amide bonds. The molecular weight excluding hydrogens is 274 g/mol. The minimum absolute atomic E-state index is 0.173. The minimum Gasteiger partial charge on any atom is -0.387 e. The van der Waals surface area contributed by atoms with Gasteiger partial charge in [-0.15, -0.1) is 5.10 Å². The van der Waals surface area contributed by atoms with Gasteiger partial charge in [-0.1, -0.05) is 48.2 Å². The van der Waals surface area contributed by atoms with Gasteiger partial charge in [0.2, 0.25) is 0 Å². The number of aromatic nitrogens is 2. The lowest BCUT2D eigenvalue weighted by atomic mass is 10.1. The summed E-state index contributed by atoms with van der Waals surface area (Å²) in [6.45, 7) is 2.20. The lowest BCUT2D eigenvalue weighted by Gasteiger charge is -2.11. The van der Waals surface area contributed by atoms with Gasteiger partial charge in [0.25, 0.3) is 5.91 Å².